The van der Waals surface area contributed by atoms with Crippen molar-refractivity contribution >= 4 is 17.7 Å². The zero-order chi connectivity index (χ0) is 43.7. The molecule has 0 spiro atoms. The lowest BCUT2D eigenvalue weighted by molar-refractivity contribution is -0.148. The molecule has 1 aliphatic rings. The molecule has 0 aliphatic carbocycles. The Hall–Kier alpha value is -5.34. The molecule has 1 saturated heterocycles. The molecule has 8 nitrogen and oxygen atoms in total. The molecule has 1 fully saturated rings. The molecule has 0 radical (unpaired) electrons. The average molecular weight is 832 g/mol. The van der Waals surface area contributed by atoms with E-state index in [-0.39, 0.29) is 30.4 Å². The van der Waals surface area contributed by atoms with E-state index in [1.807, 2.05) is 18.2 Å². The van der Waals surface area contributed by atoms with Crippen LogP contribution in [-0.4, -0.2) is 34.1 Å². The van der Waals surface area contributed by atoms with Crippen molar-refractivity contribution in [2.24, 2.45) is 0 Å². The molecule has 0 saturated carbocycles. The maximum Gasteiger partial charge on any atom is 0.351 e. The maximum atomic E-state index is 12.8. The van der Waals surface area contributed by atoms with Gasteiger partial charge in [0.15, 0.2) is 0 Å². The lowest BCUT2D eigenvalue weighted by Gasteiger charge is -2.16. The van der Waals surface area contributed by atoms with Gasteiger partial charge in [-0.05, 0) is 109 Å². The Morgan fingerprint density at radius 1 is 0.607 bits per heavy atom. The summed E-state index contributed by atoms with van der Waals surface area (Å²) < 4.78 is 12.9. The fraction of sp³-hybridized carbons (Fsp3) is 0.434. The number of hydrogen-bond acceptors (Lipinski definition) is 6. The van der Waals surface area contributed by atoms with E-state index >= 15 is 0 Å². The normalized spacial score (nSPS) is 16.7. The third-order valence-electron chi connectivity index (χ3n) is 9.17. The van der Waals surface area contributed by atoms with E-state index in [1.54, 1.807) is 12.3 Å². The van der Waals surface area contributed by atoms with E-state index in [1.165, 1.54) is 4.57 Å². The smallest absolute Gasteiger partial charge is 0.351 e. The number of nitrogens with zero attached hydrogens (tertiary/aromatic N) is 2. The van der Waals surface area contributed by atoms with Gasteiger partial charge in [0.05, 0.1) is 6.10 Å². The summed E-state index contributed by atoms with van der Waals surface area (Å²) in [6.45, 7) is 4.44. The zero-order valence-electron chi connectivity index (χ0n) is 37.0. The average Bonchev–Trinajstić information content (AvgIpc) is 3.73. The quantitative estimate of drug-likeness (QED) is 0.0573. The Morgan fingerprint density at radius 2 is 1.00 bits per heavy atom. The predicted molar refractivity (Wildman–Crippen MR) is 256 cm³/mol. The molecule has 8 heteroatoms. The number of rotatable bonds is 32. The largest absolute Gasteiger partial charge is 0.463 e. The van der Waals surface area contributed by atoms with Gasteiger partial charge in [-0.2, -0.15) is 4.98 Å². The fourth-order valence-corrected chi connectivity index (χ4v) is 5.87. The van der Waals surface area contributed by atoms with Crippen LogP contribution in [0.2, 0.25) is 0 Å². The standard InChI is InChI=1S/C53H73N3O5/c1-3-5-7-9-11-13-15-17-19-21-23-25-27-29-31-33-35-37-39-41-50(57)54-49-45-46-56(53(59)55-49)51-44-43-48(61-51)47-60-52(58)42-40-38-36-34-32-30-28-26-24-22-20-18-16-14-12-10-8-6-4-2/h5-8,11-14,17-20,23-26,29-32,35-38,45-46,48,51H,3-4,9-10,15-16,21-22,27-28,33-34,39-44,47H2,1-2H3,(H,54,55,57,59)/t48-,51-/m0/s1. The highest BCUT2D eigenvalue weighted by atomic mass is 16.6. The van der Waals surface area contributed by atoms with Crippen LogP contribution in [0.15, 0.2) is 163 Å². The van der Waals surface area contributed by atoms with Crippen molar-refractivity contribution in [3.8, 4) is 0 Å². The van der Waals surface area contributed by atoms with Gasteiger partial charge in [0, 0.05) is 19.0 Å². The van der Waals surface area contributed by atoms with Crippen LogP contribution >= 0.6 is 0 Å². The molecule has 61 heavy (non-hydrogen) atoms. The fourth-order valence-electron chi connectivity index (χ4n) is 5.87. The molecule has 0 aromatic carbocycles. The number of esters is 1. The molecule has 2 rings (SSSR count). The van der Waals surface area contributed by atoms with Gasteiger partial charge in [-0.25, -0.2) is 4.79 Å². The van der Waals surface area contributed by atoms with Crippen molar-refractivity contribution < 1.29 is 19.1 Å². The van der Waals surface area contributed by atoms with E-state index < -0.39 is 11.9 Å². The van der Waals surface area contributed by atoms with Gasteiger partial charge >= 0.3 is 11.7 Å². The van der Waals surface area contributed by atoms with E-state index in [4.69, 9.17) is 9.47 Å². The van der Waals surface area contributed by atoms with Crippen LogP contribution in [0.1, 0.15) is 136 Å². The van der Waals surface area contributed by atoms with Crippen molar-refractivity contribution in [2.75, 3.05) is 11.9 Å². The molecule has 2 heterocycles. The number of anilines is 1. The Labute approximate surface area is 367 Å². The van der Waals surface area contributed by atoms with Gasteiger partial charge < -0.3 is 14.8 Å². The van der Waals surface area contributed by atoms with E-state index in [0.717, 1.165) is 77.0 Å². The molecule has 0 unspecified atom stereocenters. The summed E-state index contributed by atoms with van der Waals surface area (Å²) in [6, 6.07) is 1.60. The van der Waals surface area contributed by atoms with Crippen molar-refractivity contribution in [3.63, 3.8) is 0 Å². The van der Waals surface area contributed by atoms with Gasteiger partial charge in [-0.3, -0.25) is 14.2 Å². The molecule has 330 valence electrons. The molecule has 2 atom stereocenters. The van der Waals surface area contributed by atoms with Crippen LogP contribution < -0.4 is 11.0 Å². The van der Waals surface area contributed by atoms with E-state index in [2.05, 4.69) is 152 Å². The van der Waals surface area contributed by atoms with E-state index in [9.17, 15) is 14.4 Å². The minimum atomic E-state index is -0.506. The molecular weight excluding hydrogens is 759 g/mol. The molecule has 1 amide bonds. The summed E-state index contributed by atoms with van der Waals surface area (Å²) in [4.78, 5) is 41.5. The van der Waals surface area contributed by atoms with Gasteiger partial charge in [0.25, 0.3) is 0 Å². The first-order chi connectivity index (χ1) is 30.0. The van der Waals surface area contributed by atoms with Gasteiger partial charge in [-0.15, -0.1) is 0 Å². The lowest BCUT2D eigenvalue weighted by Crippen LogP contribution is -2.28. The van der Waals surface area contributed by atoms with Crippen molar-refractivity contribution in [2.45, 2.75) is 142 Å². The van der Waals surface area contributed by atoms with Crippen LogP contribution in [0.4, 0.5) is 5.82 Å². The number of carbonyl (C=O) groups is 2. The van der Waals surface area contributed by atoms with Crippen molar-refractivity contribution in [1.82, 2.24) is 9.55 Å². The third-order valence-corrected chi connectivity index (χ3v) is 9.17. The summed E-state index contributed by atoms with van der Waals surface area (Å²) in [5.41, 5.74) is -0.506. The molecule has 0 bridgehead atoms. The Kier molecular flexibility index (Phi) is 32.0. The highest BCUT2D eigenvalue weighted by molar-refractivity contribution is 5.89. The number of ether oxygens (including phenoxy) is 2. The van der Waals surface area contributed by atoms with Gasteiger partial charge in [0.1, 0.15) is 18.7 Å². The second-order valence-corrected chi connectivity index (χ2v) is 14.4. The highest BCUT2D eigenvalue weighted by Crippen LogP contribution is 2.27. The molecular formula is C53H73N3O5. The first-order valence-corrected chi connectivity index (χ1v) is 22.5. The minimum absolute atomic E-state index is 0.145. The van der Waals surface area contributed by atoms with Crippen LogP contribution in [0.5, 0.6) is 0 Å². The summed E-state index contributed by atoms with van der Waals surface area (Å²) in [6.07, 6.45) is 67.0. The van der Waals surface area contributed by atoms with Crippen LogP contribution in [0.3, 0.4) is 0 Å². The summed E-state index contributed by atoms with van der Waals surface area (Å²) in [5, 5.41) is 2.71. The van der Waals surface area contributed by atoms with Crippen molar-refractivity contribution in [1.29, 1.82) is 0 Å². The number of hydrogen-bond donors (Lipinski definition) is 1. The molecule has 1 aliphatic heterocycles. The summed E-state index contributed by atoms with van der Waals surface area (Å²) in [5.74, 6) is -0.264. The Balaban J connectivity index is 1.52. The zero-order valence-corrected chi connectivity index (χ0v) is 37.0. The molecule has 1 aromatic rings. The number of carbonyl (C=O) groups excluding carboxylic acids is 2. The number of allylic oxidation sites excluding steroid dienone is 24. The molecule has 1 aromatic heterocycles. The summed E-state index contributed by atoms with van der Waals surface area (Å²) >= 11 is 0. The van der Waals surface area contributed by atoms with Crippen LogP contribution in [0, 0.1) is 0 Å². The first-order valence-electron chi connectivity index (χ1n) is 22.5. The van der Waals surface area contributed by atoms with Gasteiger partial charge in [0.2, 0.25) is 5.91 Å². The Morgan fingerprint density at radius 3 is 1.41 bits per heavy atom. The van der Waals surface area contributed by atoms with Gasteiger partial charge in [-0.1, -0.05) is 160 Å². The number of aromatic nitrogens is 2. The minimum Gasteiger partial charge on any atom is -0.463 e. The van der Waals surface area contributed by atoms with E-state index in [0.29, 0.717) is 38.5 Å². The maximum absolute atomic E-state index is 12.8. The lowest BCUT2D eigenvalue weighted by atomic mass is 10.2. The second kappa shape index (κ2) is 37.6. The SMILES string of the molecule is CCC=CCC=CCC=CCC=CCC=CCC=CCCC(=O)Nc1ccn([C@@H]2CC[C@@H](COC(=O)CCC=CCC=CCC=CCC=CCC=CCC=CCC)O2)c(=O)n1. The number of nitrogens with one attached hydrogen (secondary N) is 1. The third kappa shape index (κ3) is 29.5. The topological polar surface area (TPSA) is 99.5 Å². The highest BCUT2D eigenvalue weighted by Gasteiger charge is 2.28. The second-order valence-electron chi connectivity index (χ2n) is 14.4. The Bertz CT molecular complexity index is 1760. The number of amides is 1. The summed E-state index contributed by atoms with van der Waals surface area (Å²) in [7, 11) is 0. The van der Waals surface area contributed by atoms with Crippen LogP contribution in [-0.2, 0) is 19.1 Å². The van der Waals surface area contributed by atoms with Crippen molar-refractivity contribution in [3.05, 3.63) is 169 Å². The first kappa shape index (κ1) is 51.8. The predicted octanol–water partition coefficient (Wildman–Crippen LogP) is 13.4. The monoisotopic (exact) mass is 832 g/mol. The van der Waals surface area contributed by atoms with Crippen LogP contribution in [0.25, 0.3) is 0 Å². The molecule has 1 N–H and O–H groups in total.